The molecule has 96 valence electrons. The molecule has 0 aliphatic rings. The van der Waals surface area contributed by atoms with Gasteiger partial charge in [0.15, 0.2) is 0 Å². The molecule has 0 aliphatic heterocycles. The van der Waals surface area contributed by atoms with Crippen LogP contribution in [0.5, 0.6) is 0 Å². The van der Waals surface area contributed by atoms with E-state index in [1.165, 1.54) is 0 Å². The molecule has 1 aromatic rings. The Bertz CT molecular complexity index is 488. The standard InChI is InChI=1S/C11H9F3N2O2/c1-2-18-10(17)9(16-15)7-3-5-8(6-4-7)11(12,13)14/h3-6H,2H2,1H3. The minimum Gasteiger partial charge on any atom is -0.457 e. The molecule has 0 aromatic heterocycles. The van der Waals surface area contributed by atoms with Gasteiger partial charge in [0.25, 0.3) is 0 Å². The van der Waals surface area contributed by atoms with E-state index in [-0.39, 0.29) is 12.2 Å². The maximum absolute atomic E-state index is 12.3. The Labute approximate surface area is 101 Å². The van der Waals surface area contributed by atoms with Gasteiger partial charge in [0, 0.05) is 0 Å². The average molecular weight is 258 g/mol. The van der Waals surface area contributed by atoms with Crippen molar-refractivity contribution >= 4 is 11.7 Å². The second kappa shape index (κ2) is 5.46. The van der Waals surface area contributed by atoms with Gasteiger partial charge in [0.05, 0.1) is 17.7 Å². The van der Waals surface area contributed by atoms with Gasteiger partial charge in [-0.05, 0) is 31.2 Å². The summed E-state index contributed by atoms with van der Waals surface area (Å²) < 4.78 is 41.5. The first kappa shape index (κ1) is 13.9. The first-order chi connectivity index (χ1) is 8.40. The van der Waals surface area contributed by atoms with Crippen LogP contribution >= 0.6 is 0 Å². The van der Waals surface area contributed by atoms with E-state index in [2.05, 4.69) is 9.53 Å². The lowest BCUT2D eigenvalue weighted by Gasteiger charge is -2.05. The zero-order valence-electron chi connectivity index (χ0n) is 9.36. The minimum atomic E-state index is -4.46. The third kappa shape index (κ3) is 3.18. The van der Waals surface area contributed by atoms with Crippen molar-refractivity contribution in [1.29, 1.82) is 0 Å². The average Bonchev–Trinajstić information content (AvgIpc) is 2.30. The highest BCUT2D eigenvalue weighted by Crippen LogP contribution is 2.29. The molecule has 0 bridgehead atoms. The topological polar surface area (TPSA) is 62.7 Å². The quantitative estimate of drug-likeness (QED) is 0.361. The van der Waals surface area contributed by atoms with E-state index in [1.807, 2.05) is 0 Å². The van der Waals surface area contributed by atoms with Crippen molar-refractivity contribution in [3.8, 4) is 0 Å². The molecule has 0 N–H and O–H groups in total. The van der Waals surface area contributed by atoms with Gasteiger partial charge < -0.3 is 10.3 Å². The Kier molecular flexibility index (Phi) is 4.23. The fraction of sp³-hybridized carbons (Fsp3) is 0.273. The van der Waals surface area contributed by atoms with Gasteiger partial charge >= 0.3 is 17.9 Å². The summed E-state index contributed by atoms with van der Waals surface area (Å²) in [6.07, 6.45) is -4.46. The van der Waals surface area contributed by atoms with Crippen molar-refractivity contribution in [1.82, 2.24) is 0 Å². The molecule has 1 rings (SSSR count). The molecule has 0 atom stereocenters. The molecule has 1 aromatic carbocycles. The fourth-order valence-corrected chi connectivity index (χ4v) is 1.23. The van der Waals surface area contributed by atoms with Crippen LogP contribution in [0.3, 0.4) is 0 Å². The van der Waals surface area contributed by atoms with Crippen LogP contribution in [0.25, 0.3) is 5.53 Å². The molecule has 7 heteroatoms. The second-order valence-corrected chi connectivity index (χ2v) is 3.24. The van der Waals surface area contributed by atoms with Crippen molar-refractivity contribution in [2.75, 3.05) is 6.61 Å². The predicted octanol–water partition coefficient (Wildman–Crippen LogP) is 2.29. The van der Waals surface area contributed by atoms with E-state index in [1.54, 1.807) is 6.92 Å². The van der Waals surface area contributed by atoms with Gasteiger partial charge in [0.2, 0.25) is 0 Å². The number of esters is 1. The number of rotatable bonds is 3. The molecule has 0 heterocycles. The Morgan fingerprint density at radius 3 is 2.28 bits per heavy atom. The van der Waals surface area contributed by atoms with Crippen molar-refractivity contribution in [2.24, 2.45) is 0 Å². The largest absolute Gasteiger partial charge is 0.457 e. The van der Waals surface area contributed by atoms with E-state index in [0.717, 1.165) is 24.3 Å². The van der Waals surface area contributed by atoms with E-state index >= 15 is 0 Å². The van der Waals surface area contributed by atoms with Crippen LogP contribution in [0.2, 0.25) is 0 Å². The molecule has 18 heavy (non-hydrogen) atoms. The monoisotopic (exact) mass is 258 g/mol. The lowest BCUT2D eigenvalue weighted by molar-refractivity contribution is -0.139. The summed E-state index contributed by atoms with van der Waals surface area (Å²) in [5.41, 5.74) is 7.42. The van der Waals surface area contributed by atoms with Crippen LogP contribution < -0.4 is 0 Å². The van der Waals surface area contributed by atoms with Crippen LogP contribution in [0.4, 0.5) is 13.2 Å². The SMILES string of the molecule is CCOC(=O)C(=[N+]=[N-])c1ccc(C(F)(F)F)cc1. The van der Waals surface area contributed by atoms with E-state index in [9.17, 15) is 18.0 Å². The van der Waals surface area contributed by atoms with Gasteiger partial charge in [0.1, 0.15) is 0 Å². The Morgan fingerprint density at radius 2 is 1.89 bits per heavy atom. The highest BCUT2D eigenvalue weighted by molar-refractivity contribution is 6.40. The van der Waals surface area contributed by atoms with Crippen molar-refractivity contribution in [3.05, 3.63) is 40.9 Å². The molecule has 0 fully saturated rings. The Morgan fingerprint density at radius 1 is 1.33 bits per heavy atom. The number of carbonyl (C=O) groups excluding carboxylic acids is 1. The van der Waals surface area contributed by atoms with Crippen LogP contribution in [-0.4, -0.2) is 23.1 Å². The van der Waals surface area contributed by atoms with Crippen LogP contribution in [0, 0.1) is 0 Å². The zero-order chi connectivity index (χ0) is 13.8. The first-order valence-electron chi connectivity index (χ1n) is 4.97. The summed E-state index contributed by atoms with van der Waals surface area (Å²) in [5, 5.41) is 0. The van der Waals surface area contributed by atoms with E-state index in [4.69, 9.17) is 5.53 Å². The van der Waals surface area contributed by atoms with Crippen molar-refractivity contribution in [2.45, 2.75) is 13.1 Å². The highest BCUT2D eigenvalue weighted by Gasteiger charge is 2.31. The smallest absolute Gasteiger partial charge is 0.422 e. The number of ether oxygens (including phenoxy) is 1. The maximum atomic E-state index is 12.3. The van der Waals surface area contributed by atoms with Gasteiger partial charge in [-0.15, -0.1) is 0 Å². The van der Waals surface area contributed by atoms with Gasteiger partial charge in [-0.2, -0.15) is 18.0 Å². The second-order valence-electron chi connectivity index (χ2n) is 3.24. The third-order valence-electron chi connectivity index (χ3n) is 2.05. The molecule has 0 spiro atoms. The predicted molar refractivity (Wildman–Crippen MR) is 55.8 cm³/mol. The third-order valence-corrected chi connectivity index (χ3v) is 2.05. The Balaban J connectivity index is 3.04. The molecule has 0 unspecified atom stereocenters. The van der Waals surface area contributed by atoms with Crippen LogP contribution in [0.15, 0.2) is 24.3 Å². The maximum Gasteiger partial charge on any atom is 0.422 e. The van der Waals surface area contributed by atoms with Crippen LogP contribution in [-0.2, 0) is 15.7 Å². The van der Waals surface area contributed by atoms with Gasteiger partial charge in [-0.3, -0.25) is 0 Å². The van der Waals surface area contributed by atoms with Gasteiger partial charge in [-0.25, -0.2) is 4.79 Å². The molecule has 0 saturated carbocycles. The molecule has 4 nitrogen and oxygen atoms in total. The minimum absolute atomic E-state index is 0.0453. The zero-order valence-corrected chi connectivity index (χ0v) is 9.36. The summed E-state index contributed by atoms with van der Waals surface area (Å²) in [6, 6.07) is 3.66. The number of benzene rings is 1. The van der Waals surface area contributed by atoms with E-state index < -0.39 is 23.4 Å². The van der Waals surface area contributed by atoms with Crippen LogP contribution in [0.1, 0.15) is 18.1 Å². The summed E-state index contributed by atoms with van der Waals surface area (Å²) in [5.74, 6) is -0.903. The number of halogens is 3. The van der Waals surface area contributed by atoms with Gasteiger partial charge in [-0.1, -0.05) is 0 Å². The van der Waals surface area contributed by atoms with Crippen molar-refractivity contribution < 1.29 is 27.5 Å². The lowest BCUT2D eigenvalue weighted by Crippen LogP contribution is -2.20. The molecule has 0 amide bonds. The summed E-state index contributed by atoms with van der Waals surface area (Å²) in [4.78, 5) is 14.1. The molecular formula is C11H9F3N2O2. The summed E-state index contributed by atoms with van der Waals surface area (Å²) in [7, 11) is 0. The molecule has 0 radical (unpaired) electrons. The number of nitrogens with zero attached hydrogens (tertiary/aromatic N) is 2. The summed E-state index contributed by atoms with van der Waals surface area (Å²) >= 11 is 0. The molecule has 0 aliphatic carbocycles. The fourth-order valence-electron chi connectivity index (χ4n) is 1.23. The highest BCUT2D eigenvalue weighted by atomic mass is 19.4. The number of alkyl halides is 3. The first-order valence-corrected chi connectivity index (χ1v) is 4.97. The van der Waals surface area contributed by atoms with E-state index in [0.29, 0.717) is 0 Å². The lowest BCUT2D eigenvalue weighted by atomic mass is 10.1. The number of hydrogen-bond acceptors (Lipinski definition) is 2. The molecular weight excluding hydrogens is 249 g/mol. The normalized spacial score (nSPS) is 10.7. The Hall–Kier alpha value is -2.14. The summed E-state index contributed by atoms with van der Waals surface area (Å²) in [6.45, 7) is 1.62. The number of hydrogen-bond donors (Lipinski definition) is 0. The molecule has 0 saturated heterocycles. The van der Waals surface area contributed by atoms with Crippen molar-refractivity contribution in [3.63, 3.8) is 0 Å². The number of carbonyl (C=O) groups is 1.